The first kappa shape index (κ1) is 35.0. The Balaban J connectivity index is 0.982. The second-order valence-electron chi connectivity index (χ2n) is 14.9. The van der Waals surface area contributed by atoms with Crippen LogP contribution in [0.15, 0.2) is 212 Å². The van der Waals surface area contributed by atoms with Crippen LogP contribution in [0.25, 0.3) is 112 Å². The van der Waals surface area contributed by atoms with Crippen molar-refractivity contribution < 1.29 is 0 Å². The molecule has 0 bridgehead atoms. The summed E-state index contributed by atoms with van der Waals surface area (Å²) in [6.07, 6.45) is 0. The molecule has 11 aromatic rings. The molecule has 0 saturated carbocycles. The molecule has 0 unspecified atom stereocenters. The fourth-order valence-corrected chi connectivity index (χ4v) is 8.14. The van der Waals surface area contributed by atoms with Gasteiger partial charge in [0, 0.05) is 33.4 Å². The highest BCUT2D eigenvalue weighted by molar-refractivity contribution is 6.25. The lowest BCUT2D eigenvalue weighted by Crippen LogP contribution is -2.00. The van der Waals surface area contributed by atoms with E-state index in [4.69, 9.17) is 24.9 Å². The van der Waals surface area contributed by atoms with Crippen molar-refractivity contribution in [2.45, 2.75) is 0 Å². The SMILES string of the molecule is c1ccc(-c2cc(-c3ccc(-c4cccc(-c5nc(-c6ccccc6)nc(-c6ccccc6)n5)c4)cc3)nc(-c3ccc4c5ccccc5c5ccccc5c4c3)n2)cc1. The van der Waals surface area contributed by atoms with Gasteiger partial charge in [-0.15, -0.1) is 0 Å². The van der Waals surface area contributed by atoms with Gasteiger partial charge in [0.25, 0.3) is 0 Å². The normalized spacial score (nSPS) is 11.3. The minimum atomic E-state index is 0.623. The van der Waals surface area contributed by atoms with Crippen molar-refractivity contribution in [3.8, 4) is 79.2 Å². The van der Waals surface area contributed by atoms with Gasteiger partial charge in [-0.3, -0.25) is 0 Å². The summed E-state index contributed by atoms with van der Waals surface area (Å²) in [5.74, 6) is 2.58. The molecule has 280 valence electrons. The molecule has 0 aliphatic heterocycles. The fourth-order valence-electron chi connectivity index (χ4n) is 8.14. The van der Waals surface area contributed by atoms with Crippen molar-refractivity contribution in [3.05, 3.63) is 212 Å². The van der Waals surface area contributed by atoms with Crippen LogP contribution in [0.4, 0.5) is 0 Å². The Bertz CT molecular complexity index is 3260. The topological polar surface area (TPSA) is 64.5 Å². The molecule has 60 heavy (non-hydrogen) atoms. The van der Waals surface area contributed by atoms with Gasteiger partial charge in [-0.1, -0.05) is 194 Å². The maximum absolute atomic E-state index is 5.24. The lowest BCUT2D eigenvalue weighted by Gasteiger charge is -2.13. The number of hydrogen-bond donors (Lipinski definition) is 0. The third-order valence-electron chi connectivity index (χ3n) is 11.1. The number of aromatic nitrogens is 5. The predicted octanol–water partition coefficient (Wildman–Crippen LogP) is 13.8. The maximum Gasteiger partial charge on any atom is 0.164 e. The van der Waals surface area contributed by atoms with Gasteiger partial charge in [-0.25, -0.2) is 24.9 Å². The summed E-state index contributed by atoms with van der Waals surface area (Å²) in [4.78, 5) is 25.2. The van der Waals surface area contributed by atoms with Crippen LogP contribution in [-0.4, -0.2) is 24.9 Å². The van der Waals surface area contributed by atoms with E-state index < -0.39 is 0 Å². The molecular weight excluding hydrogens is 731 g/mol. The Morgan fingerprint density at radius 3 is 1.08 bits per heavy atom. The minimum Gasteiger partial charge on any atom is -0.228 e. The Hall–Kier alpha value is -8.15. The lowest BCUT2D eigenvalue weighted by molar-refractivity contribution is 1.07. The molecule has 0 saturated heterocycles. The van der Waals surface area contributed by atoms with Crippen molar-refractivity contribution in [1.29, 1.82) is 0 Å². The van der Waals surface area contributed by atoms with E-state index in [1.54, 1.807) is 0 Å². The smallest absolute Gasteiger partial charge is 0.164 e. The van der Waals surface area contributed by atoms with Crippen LogP contribution in [-0.2, 0) is 0 Å². The Morgan fingerprint density at radius 2 is 0.533 bits per heavy atom. The van der Waals surface area contributed by atoms with E-state index in [0.717, 1.165) is 55.9 Å². The summed E-state index contributed by atoms with van der Waals surface area (Å²) in [6.45, 7) is 0. The van der Waals surface area contributed by atoms with Gasteiger partial charge in [-0.05, 0) is 61.6 Å². The number of nitrogens with zero attached hydrogens (tertiary/aromatic N) is 5. The second-order valence-corrected chi connectivity index (χ2v) is 14.9. The van der Waals surface area contributed by atoms with Gasteiger partial charge >= 0.3 is 0 Å². The highest BCUT2D eigenvalue weighted by atomic mass is 15.0. The van der Waals surface area contributed by atoms with E-state index >= 15 is 0 Å². The summed E-state index contributed by atoms with van der Waals surface area (Å²) in [5.41, 5.74) is 9.68. The molecule has 0 aliphatic carbocycles. The van der Waals surface area contributed by atoms with Crippen molar-refractivity contribution in [2.24, 2.45) is 0 Å². The first-order chi connectivity index (χ1) is 29.7. The number of fused-ring (bicyclic) bond motifs is 6. The Labute approximate surface area is 347 Å². The summed E-state index contributed by atoms with van der Waals surface area (Å²) in [5, 5.41) is 7.36. The van der Waals surface area contributed by atoms with Gasteiger partial charge in [0.05, 0.1) is 11.4 Å². The minimum absolute atomic E-state index is 0.623. The van der Waals surface area contributed by atoms with E-state index in [9.17, 15) is 0 Å². The zero-order valence-electron chi connectivity index (χ0n) is 32.4. The van der Waals surface area contributed by atoms with E-state index in [1.165, 1.54) is 32.3 Å². The second kappa shape index (κ2) is 15.0. The van der Waals surface area contributed by atoms with Crippen molar-refractivity contribution >= 4 is 32.3 Å². The standard InChI is InChI=1S/C55H35N5/c1-4-15-37(16-5-1)50-35-51(57-54(56-50)43-31-32-48-46-25-11-10-23-44(46)45-24-12-13-26-47(45)49(48)34-43)38-29-27-36(28-30-38)41-21-14-22-42(33-41)55-59-52(39-17-6-2-7-18-39)58-53(60-55)40-19-8-3-9-20-40/h1-35H. The van der Waals surface area contributed by atoms with E-state index in [1.807, 2.05) is 66.7 Å². The highest BCUT2D eigenvalue weighted by Crippen LogP contribution is 2.38. The van der Waals surface area contributed by atoms with Crippen LogP contribution in [0.1, 0.15) is 0 Å². The molecule has 0 radical (unpaired) electrons. The molecule has 0 N–H and O–H groups in total. The Morgan fingerprint density at radius 1 is 0.183 bits per heavy atom. The number of benzene rings is 9. The molecule has 0 fully saturated rings. The summed E-state index contributed by atoms with van der Waals surface area (Å²) >= 11 is 0. The average molecular weight is 766 g/mol. The van der Waals surface area contributed by atoms with Gasteiger partial charge < -0.3 is 0 Å². The van der Waals surface area contributed by atoms with E-state index in [0.29, 0.717) is 23.3 Å². The molecule has 0 atom stereocenters. The predicted molar refractivity (Wildman–Crippen MR) is 246 cm³/mol. The molecule has 2 aromatic heterocycles. The maximum atomic E-state index is 5.24. The monoisotopic (exact) mass is 765 g/mol. The average Bonchev–Trinajstić information content (AvgIpc) is 3.34. The summed E-state index contributed by atoms with van der Waals surface area (Å²) in [7, 11) is 0. The van der Waals surface area contributed by atoms with Crippen LogP contribution >= 0.6 is 0 Å². The Kier molecular flexibility index (Phi) is 8.75. The quantitative estimate of drug-likeness (QED) is 0.151. The summed E-state index contributed by atoms with van der Waals surface area (Å²) < 4.78 is 0. The van der Waals surface area contributed by atoms with Crippen molar-refractivity contribution in [3.63, 3.8) is 0 Å². The molecular formula is C55H35N5. The van der Waals surface area contributed by atoms with Gasteiger partial charge in [0.2, 0.25) is 0 Å². The molecule has 5 heteroatoms. The number of rotatable bonds is 7. The highest BCUT2D eigenvalue weighted by Gasteiger charge is 2.16. The first-order valence-electron chi connectivity index (χ1n) is 20.1. The molecule has 11 rings (SSSR count). The van der Waals surface area contributed by atoms with Gasteiger partial charge in [0.1, 0.15) is 0 Å². The third kappa shape index (κ3) is 6.54. The largest absolute Gasteiger partial charge is 0.228 e. The molecule has 9 aromatic carbocycles. The van der Waals surface area contributed by atoms with E-state index in [-0.39, 0.29) is 0 Å². The summed E-state index contributed by atoms with van der Waals surface area (Å²) in [6, 6.07) is 73.5. The third-order valence-corrected chi connectivity index (χ3v) is 11.1. The van der Waals surface area contributed by atoms with Crippen LogP contribution in [0.5, 0.6) is 0 Å². The van der Waals surface area contributed by atoms with Crippen molar-refractivity contribution in [1.82, 2.24) is 24.9 Å². The molecule has 0 amide bonds. The molecule has 0 spiro atoms. The fraction of sp³-hybridized carbons (Fsp3) is 0. The zero-order valence-corrected chi connectivity index (χ0v) is 32.4. The van der Waals surface area contributed by atoms with Gasteiger partial charge in [-0.2, -0.15) is 0 Å². The van der Waals surface area contributed by atoms with Crippen LogP contribution in [0.2, 0.25) is 0 Å². The zero-order chi connectivity index (χ0) is 39.8. The lowest BCUT2D eigenvalue weighted by atomic mass is 9.93. The molecule has 0 aliphatic rings. The van der Waals surface area contributed by atoms with Crippen molar-refractivity contribution in [2.75, 3.05) is 0 Å². The molecule has 2 heterocycles. The van der Waals surface area contributed by atoms with Crippen LogP contribution < -0.4 is 0 Å². The molecule has 5 nitrogen and oxygen atoms in total. The number of hydrogen-bond acceptors (Lipinski definition) is 5. The first-order valence-corrected chi connectivity index (χ1v) is 20.1. The van der Waals surface area contributed by atoms with Crippen LogP contribution in [0, 0.1) is 0 Å². The van der Waals surface area contributed by atoms with Gasteiger partial charge in [0.15, 0.2) is 23.3 Å². The van der Waals surface area contributed by atoms with E-state index in [2.05, 4.69) is 146 Å². The van der Waals surface area contributed by atoms with Crippen LogP contribution in [0.3, 0.4) is 0 Å².